The Bertz CT molecular complexity index is 277. The summed E-state index contributed by atoms with van der Waals surface area (Å²) in [7, 11) is 0. The van der Waals surface area contributed by atoms with Gasteiger partial charge in [0.2, 0.25) is 0 Å². The fourth-order valence-corrected chi connectivity index (χ4v) is 3.94. The number of carbonyl (C=O) groups excluding carboxylic acids is 1. The van der Waals surface area contributed by atoms with Crippen molar-refractivity contribution >= 4 is 17.5 Å². The SMILES string of the molecule is CC1(C)CCN(CC2CCCCC2=O)CCS1. The molecular formula is C14H25NOS. The second-order valence-electron chi connectivity index (χ2n) is 6.07. The van der Waals surface area contributed by atoms with Crippen LogP contribution in [0.1, 0.15) is 46.0 Å². The summed E-state index contributed by atoms with van der Waals surface area (Å²) in [6, 6.07) is 0. The summed E-state index contributed by atoms with van der Waals surface area (Å²) in [5, 5.41) is 0. The van der Waals surface area contributed by atoms with Crippen molar-refractivity contribution in [2.45, 2.75) is 50.7 Å². The van der Waals surface area contributed by atoms with Crippen molar-refractivity contribution in [2.24, 2.45) is 5.92 Å². The van der Waals surface area contributed by atoms with Crippen LogP contribution in [0.15, 0.2) is 0 Å². The minimum absolute atomic E-state index is 0.343. The summed E-state index contributed by atoms with van der Waals surface area (Å²) < 4.78 is 0.422. The lowest BCUT2D eigenvalue weighted by Gasteiger charge is -2.28. The summed E-state index contributed by atoms with van der Waals surface area (Å²) in [5.74, 6) is 2.08. The first-order valence-electron chi connectivity index (χ1n) is 6.96. The summed E-state index contributed by atoms with van der Waals surface area (Å²) in [6.45, 7) is 8.04. The van der Waals surface area contributed by atoms with Crippen LogP contribution < -0.4 is 0 Å². The zero-order chi connectivity index (χ0) is 12.3. The van der Waals surface area contributed by atoms with Crippen LogP contribution in [0.4, 0.5) is 0 Å². The van der Waals surface area contributed by atoms with E-state index >= 15 is 0 Å². The van der Waals surface area contributed by atoms with Crippen molar-refractivity contribution in [2.75, 3.05) is 25.4 Å². The quantitative estimate of drug-likeness (QED) is 0.756. The summed E-state index contributed by atoms with van der Waals surface area (Å²) in [6.07, 6.45) is 5.59. The van der Waals surface area contributed by atoms with Gasteiger partial charge in [-0.15, -0.1) is 0 Å². The van der Waals surface area contributed by atoms with Crippen LogP contribution >= 0.6 is 11.8 Å². The highest BCUT2D eigenvalue weighted by Crippen LogP contribution is 2.31. The molecule has 1 saturated heterocycles. The number of thioether (sulfide) groups is 1. The fourth-order valence-electron chi connectivity index (χ4n) is 2.80. The standard InChI is InChI=1S/C14H25NOS/c1-14(2)7-8-15(9-10-17-14)11-12-5-3-4-6-13(12)16/h12H,3-11H2,1-2H3. The zero-order valence-corrected chi connectivity index (χ0v) is 12.0. The van der Waals surface area contributed by atoms with E-state index in [0.717, 1.165) is 32.4 Å². The fraction of sp³-hybridized carbons (Fsp3) is 0.929. The second-order valence-corrected chi connectivity index (χ2v) is 7.87. The highest BCUT2D eigenvalue weighted by atomic mass is 32.2. The molecule has 98 valence electrons. The van der Waals surface area contributed by atoms with Gasteiger partial charge in [-0.05, 0) is 25.8 Å². The molecule has 0 aromatic heterocycles. The molecule has 0 aromatic rings. The summed E-state index contributed by atoms with van der Waals surface area (Å²) in [4.78, 5) is 14.4. The van der Waals surface area contributed by atoms with Crippen LogP contribution in [0, 0.1) is 5.92 Å². The van der Waals surface area contributed by atoms with Gasteiger partial charge in [0.05, 0.1) is 0 Å². The monoisotopic (exact) mass is 255 g/mol. The predicted octanol–water partition coefficient (Wildman–Crippen LogP) is 2.96. The number of nitrogens with zero attached hydrogens (tertiary/aromatic N) is 1. The molecule has 0 amide bonds. The van der Waals surface area contributed by atoms with E-state index in [-0.39, 0.29) is 0 Å². The van der Waals surface area contributed by atoms with E-state index in [9.17, 15) is 4.79 Å². The smallest absolute Gasteiger partial charge is 0.137 e. The highest BCUT2D eigenvalue weighted by Gasteiger charge is 2.28. The van der Waals surface area contributed by atoms with Crippen LogP contribution in [-0.2, 0) is 4.79 Å². The maximum absolute atomic E-state index is 11.8. The van der Waals surface area contributed by atoms with Crippen molar-refractivity contribution in [1.29, 1.82) is 0 Å². The van der Waals surface area contributed by atoms with E-state index in [1.54, 1.807) is 0 Å². The Kier molecular flexibility index (Phi) is 4.53. The molecule has 2 aliphatic rings. The number of rotatable bonds is 2. The van der Waals surface area contributed by atoms with E-state index in [4.69, 9.17) is 0 Å². The van der Waals surface area contributed by atoms with Gasteiger partial charge in [-0.1, -0.05) is 20.3 Å². The molecule has 1 atom stereocenters. The van der Waals surface area contributed by atoms with Crippen molar-refractivity contribution < 1.29 is 4.79 Å². The zero-order valence-electron chi connectivity index (χ0n) is 11.2. The van der Waals surface area contributed by atoms with E-state index in [2.05, 4.69) is 30.5 Å². The van der Waals surface area contributed by atoms with Gasteiger partial charge in [-0.2, -0.15) is 11.8 Å². The molecule has 0 aromatic carbocycles. The molecule has 0 bridgehead atoms. The number of hydrogen-bond donors (Lipinski definition) is 0. The lowest BCUT2D eigenvalue weighted by Crippen LogP contribution is -2.36. The molecule has 2 fully saturated rings. The van der Waals surface area contributed by atoms with Gasteiger partial charge in [0.15, 0.2) is 0 Å². The van der Waals surface area contributed by atoms with Crippen molar-refractivity contribution in [3.8, 4) is 0 Å². The van der Waals surface area contributed by atoms with E-state index in [0.29, 0.717) is 16.4 Å². The van der Waals surface area contributed by atoms with E-state index < -0.39 is 0 Å². The molecule has 1 aliphatic heterocycles. The first-order valence-corrected chi connectivity index (χ1v) is 7.94. The Morgan fingerprint density at radius 3 is 2.94 bits per heavy atom. The van der Waals surface area contributed by atoms with Gasteiger partial charge in [-0.25, -0.2) is 0 Å². The second kappa shape index (κ2) is 5.75. The van der Waals surface area contributed by atoms with Crippen LogP contribution in [-0.4, -0.2) is 40.8 Å². The average Bonchev–Trinajstić information content (AvgIpc) is 2.44. The predicted molar refractivity (Wildman–Crippen MR) is 74.6 cm³/mol. The molecule has 0 N–H and O–H groups in total. The maximum atomic E-state index is 11.8. The Hall–Kier alpha value is -0.0200. The molecular weight excluding hydrogens is 230 g/mol. The number of hydrogen-bond acceptors (Lipinski definition) is 3. The van der Waals surface area contributed by atoms with Crippen molar-refractivity contribution in [3.63, 3.8) is 0 Å². The van der Waals surface area contributed by atoms with Gasteiger partial charge in [-0.3, -0.25) is 4.79 Å². The maximum Gasteiger partial charge on any atom is 0.137 e. The summed E-state index contributed by atoms with van der Waals surface area (Å²) in [5.41, 5.74) is 0. The van der Waals surface area contributed by atoms with Crippen LogP contribution in [0.2, 0.25) is 0 Å². The van der Waals surface area contributed by atoms with Crippen LogP contribution in [0.25, 0.3) is 0 Å². The lowest BCUT2D eigenvalue weighted by atomic mass is 9.87. The molecule has 1 unspecified atom stereocenters. The van der Waals surface area contributed by atoms with Gasteiger partial charge in [0, 0.05) is 35.9 Å². The van der Waals surface area contributed by atoms with Crippen molar-refractivity contribution in [3.05, 3.63) is 0 Å². The molecule has 1 heterocycles. The highest BCUT2D eigenvalue weighted by molar-refractivity contribution is 8.00. The number of Topliss-reactive ketones (excluding diaryl/α,β-unsaturated/α-hetero) is 1. The molecule has 2 nitrogen and oxygen atoms in total. The average molecular weight is 255 g/mol. The Morgan fingerprint density at radius 2 is 2.18 bits per heavy atom. The van der Waals surface area contributed by atoms with Gasteiger partial charge in [0.1, 0.15) is 5.78 Å². The third-order valence-electron chi connectivity index (χ3n) is 4.09. The third kappa shape index (κ3) is 3.99. The van der Waals surface area contributed by atoms with E-state index in [1.807, 2.05) is 0 Å². The molecule has 0 spiro atoms. The van der Waals surface area contributed by atoms with Crippen LogP contribution in [0.3, 0.4) is 0 Å². The number of carbonyl (C=O) groups is 1. The lowest BCUT2D eigenvalue weighted by molar-refractivity contribution is -0.125. The molecule has 3 heteroatoms. The summed E-state index contributed by atoms with van der Waals surface area (Å²) >= 11 is 2.08. The molecule has 2 rings (SSSR count). The molecule has 1 saturated carbocycles. The van der Waals surface area contributed by atoms with E-state index in [1.165, 1.54) is 25.1 Å². The Morgan fingerprint density at radius 1 is 1.35 bits per heavy atom. The Balaban J connectivity index is 1.84. The van der Waals surface area contributed by atoms with Crippen molar-refractivity contribution in [1.82, 2.24) is 4.90 Å². The molecule has 17 heavy (non-hydrogen) atoms. The van der Waals surface area contributed by atoms with Gasteiger partial charge in [0.25, 0.3) is 0 Å². The molecule has 0 radical (unpaired) electrons. The molecule has 1 aliphatic carbocycles. The minimum atomic E-state index is 0.343. The third-order valence-corrected chi connectivity index (χ3v) is 5.46. The first-order chi connectivity index (χ1) is 8.07. The van der Waals surface area contributed by atoms with Crippen LogP contribution in [0.5, 0.6) is 0 Å². The first kappa shape index (κ1) is 13.4. The minimum Gasteiger partial charge on any atom is -0.302 e. The topological polar surface area (TPSA) is 20.3 Å². The van der Waals surface area contributed by atoms with Gasteiger partial charge >= 0.3 is 0 Å². The largest absolute Gasteiger partial charge is 0.302 e. The number of ketones is 1. The van der Waals surface area contributed by atoms with Gasteiger partial charge < -0.3 is 4.90 Å². The Labute approximate surface area is 110 Å². The normalized spacial score (nSPS) is 31.2.